The van der Waals surface area contributed by atoms with Crippen molar-refractivity contribution in [3.05, 3.63) is 34.0 Å². The summed E-state index contributed by atoms with van der Waals surface area (Å²) < 4.78 is 0. The van der Waals surface area contributed by atoms with Gasteiger partial charge < -0.3 is 5.32 Å². The maximum atomic E-state index is 12.5. The molecule has 2 fully saturated rings. The van der Waals surface area contributed by atoms with Gasteiger partial charge in [-0.3, -0.25) is 9.89 Å². The molecule has 0 aliphatic heterocycles. The summed E-state index contributed by atoms with van der Waals surface area (Å²) in [6, 6.07) is 1.90. The van der Waals surface area contributed by atoms with E-state index in [1.807, 2.05) is 17.6 Å². The van der Waals surface area contributed by atoms with Crippen LogP contribution in [-0.4, -0.2) is 21.1 Å². The Labute approximate surface area is 127 Å². The average Bonchev–Trinajstić information content (AvgIpc) is 2.95. The van der Waals surface area contributed by atoms with Gasteiger partial charge in [0.1, 0.15) is 10.7 Å². The molecule has 0 spiro atoms. The Morgan fingerprint density at radius 3 is 2.86 bits per heavy atom. The maximum absolute atomic E-state index is 12.5. The molecule has 2 N–H and O–H groups in total. The quantitative estimate of drug-likeness (QED) is 0.912. The number of aromatic amines is 1. The molecule has 0 saturated heterocycles. The lowest BCUT2D eigenvalue weighted by atomic mass is 9.98. The van der Waals surface area contributed by atoms with Crippen molar-refractivity contribution in [2.24, 2.45) is 0 Å². The third-order valence-corrected chi connectivity index (χ3v) is 5.48. The highest BCUT2D eigenvalue weighted by molar-refractivity contribution is 7.09. The van der Waals surface area contributed by atoms with Gasteiger partial charge in [-0.15, -0.1) is 11.3 Å². The Hall–Kier alpha value is -1.69. The van der Waals surface area contributed by atoms with Crippen molar-refractivity contribution in [2.45, 2.75) is 50.0 Å². The highest BCUT2D eigenvalue weighted by Gasteiger charge is 2.40. The summed E-state index contributed by atoms with van der Waals surface area (Å²) in [6.45, 7) is 0. The maximum Gasteiger partial charge on any atom is 0.272 e. The molecular formula is C15H18N4OS. The molecule has 0 bridgehead atoms. The van der Waals surface area contributed by atoms with Gasteiger partial charge in [0.25, 0.3) is 5.91 Å². The number of H-pyrrole nitrogens is 1. The predicted molar refractivity (Wildman–Crippen MR) is 80.3 cm³/mol. The van der Waals surface area contributed by atoms with Gasteiger partial charge in [-0.05, 0) is 31.7 Å². The summed E-state index contributed by atoms with van der Waals surface area (Å²) >= 11 is 1.62. The molecule has 21 heavy (non-hydrogen) atoms. The lowest BCUT2D eigenvalue weighted by Gasteiger charge is -2.27. The molecule has 6 heteroatoms. The van der Waals surface area contributed by atoms with Crippen LogP contribution < -0.4 is 5.32 Å². The van der Waals surface area contributed by atoms with Crippen LogP contribution in [0.1, 0.15) is 65.6 Å². The zero-order valence-corrected chi connectivity index (χ0v) is 12.6. The fourth-order valence-corrected chi connectivity index (χ4v) is 4.02. The molecule has 0 aromatic carbocycles. The number of carbonyl (C=O) groups excluding carboxylic acids is 1. The molecule has 2 aliphatic rings. The van der Waals surface area contributed by atoms with Crippen molar-refractivity contribution in [2.75, 3.05) is 0 Å². The molecule has 110 valence electrons. The van der Waals surface area contributed by atoms with E-state index in [2.05, 4.69) is 20.5 Å². The van der Waals surface area contributed by atoms with Crippen LogP contribution in [0.25, 0.3) is 0 Å². The Morgan fingerprint density at radius 2 is 2.19 bits per heavy atom. The van der Waals surface area contributed by atoms with Gasteiger partial charge >= 0.3 is 0 Å². The lowest BCUT2D eigenvalue weighted by Crippen LogP contribution is -2.43. The van der Waals surface area contributed by atoms with E-state index in [-0.39, 0.29) is 11.4 Å². The molecule has 5 nitrogen and oxygen atoms in total. The van der Waals surface area contributed by atoms with Gasteiger partial charge in [-0.2, -0.15) is 5.10 Å². The second-order valence-corrected chi connectivity index (χ2v) is 6.96. The van der Waals surface area contributed by atoms with Crippen LogP contribution in [0.15, 0.2) is 17.6 Å². The molecular weight excluding hydrogens is 284 g/mol. The standard InChI is InChI=1S/C15H18N4OS/c20-13(12-9-11(18-19-12)10-3-4-10)17-15(5-1-2-6-15)14-16-7-8-21-14/h7-10H,1-6H2,(H,17,20)(H,18,19). The van der Waals surface area contributed by atoms with Gasteiger partial charge in [0.05, 0.1) is 5.54 Å². The molecule has 2 heterocycles. The van der Waals surface area contributed by atoms with Crippen LogP contribution in [0.3, 0.4) is 0 Å². The van der Waals surface area contributed by atoms with Crippen LogP contribution in [0.5, 0.6) is 0 Å². The second-order valence-electron chi connectivity index (χ2n) is 6.06. The van der Waals surface area contributed by atoms with Crippen molar-refractivity contribution in [3.63, 3.8) is 0 Å². The van der Waals surface area contributed by atoms with E-state index in [1.54, 1.807) is 11.3 Å². The number of nitrogens with one attached hydrogen (secondary N) is 2. The topological polar surface area (TPSA) is 70.7 Å². The molecule has 2 aliphatic carbocycles. The monoisotopic (exact) mass is 302 g/mol. The Kier molecular flexibility index (Phi) is 3.06. The Balaban J connectivity index is 1.56. The third-order valence-electron chi connectivity index (χ3n) is 4.50. The van der Waals surface area contributed by atoms with Gasteiger partial charge in [0.15, 0.2) is 0 Å². The van der Waals surface area contributed by atoms with Crippen molar-refractivity contribution in [1.82, 2.24) is 20.5 Å². The van der Waals surface area contributed by atoms with E-state index in [1.165, 1.54) is 12.8 Å². The van der Waals surface area contributed by atoms with Crippen LogP contribution >= 0.6 is 11.3 Å². The zero-order chi connectivity index (χ0) is 14.3. The number of thiazole rings is 1. The molecule has 1 amide bonds. The minimum Gasteiger partial charge on any atom is -0.339 e. The Bertz CT molecular complexity index is 638. The van der Waals surface area contributed by atoms with Crippen molar-refractivity contribution in [3.8, 4) is 0 Å². The number of carbonyl (C=O) groups is 1. The highest BCUT2D eigenvalue weighted by atomic mass is 32.1. The normalized spacial score (nSPS) is 20.6. The summed E-state index contributed by atoms with van der Waals surface area (Å²) in [5, 5.41) is 13.4. The number of amides is 1. The summed E-state index contributed by atoms with van der Waals surface area (Å²) in [4.78, 5) is 17.0. The van der Waals surface area contributed by atoms with Gasteiger partial charge in [-0.1, -0.05) is 12.8 Å². The van der Waals surface area contributed by atoms with Gasteiger partial charge in [-0.25, -0.2) is 4.98 Å². The van der Waals surface area contributed by atoms with E-state index >= 15 is 0 Å². The minimum absolute atomic E-state index is 0.0877. The van der Waals surface area contributed by atoms with Crippen LogP contribution in [-0.2, 0) is 5.54 Å². The van der Waals surface area contributed by atoms with E-state index in [4.69, 9.17) is 0 Å². The summed E-state index contributed by atoms with van der Waals surface area (Å²) in [7, 11) is 0. The predicted octanol–water partition coefficient (Wildman–Crippen LogP) is 2.94. The highest BCUT2D eigenvalue weighted by Crippen LogP contribution is 2.41. The number of hydrogen-bond donors (Lipinski definition) is 2. The van der Waals surface area contributed by atoms with E-state index < -0.39 is 0 Å². The fraction of sp³-hybridized carbons (Fsp3) is 0.533. The summed E-state index contributed by atoms with van der Waals surface area (Å²) in [5.41, 5.74) is 1.30. The van der Waals surface area contributed by atoms with E-state index in [9.17, 15) is 4.79 Å². The first-order valence-electron chi connectivity index (χ1n) is 7.55. The van der Waals surface area contributed by atoms with E-state index in [0.717, 1.165) is 36.4 Å². The van der Waals surface area contributed by atoms with E-state index in [0.29, 0.717) is 11.6 Å². The largest absolute Gasteiger partial charge is 0.339 e. The number of rotatable bonds is 4. The lowest BCUT2D eigenvalue weighted by molar-refractivity contribution is 0.0893. The van der Waals surface area contributed by atoms with Crippen molar-refractivity contribution >= 4 is 17.2 Å². The van der Waals surface area contributed by atoms with Crippen LogP contribution in [0.4, 0.5) is 0 Å². The molecule has 4 rings (SSSR count). The van der Waals surface area contributed by atoms with Gasteiger partial charge in [0.2, 0.25) is 0 Å². The van der Waals surface area contributed by atoms with Crippen LogP contribution in [0, 0.1) is 0 Å². The molecule has 0 radical (unpaired) electrons. The first-order valence-corrected chi connectivity index (χ1v) is 8.43. The smallest absolute Gasteiger partial charge is 0.272 e. The second kappa shape index (κ2) is 4.94. The third kappa shape index (κ3) is 2.37. The molecule has 0 atom stereocenters. The minimum atomic E-state index is -0.288. The molecule has 2 aromatic rings. The number of hydrogen-bond acceptors (Lipinski definition) is 4. The SMILES string of the molecule is O=C(NC1(c2nccs2)CCCC1)c1cc(C2CC2)[nH]n1. The summed E-state index contributed by atoms with van der Waals surface area (Å²) in [6.07, 6.45) is 8.41. The van der Waals surface area contributed by atoms with Gasteiger partial charge in [0, 0.05) is 23.2 Å². The summed E-state index contributed by atoms with van der Waals surface area (Å²) in [5.74, 6) is 0.494. The molecule has 0 unspecified atom stereocenters. The fourth-order valence-electron chi connectivity index (χ4n) is 3.17. The average molecular weight is 302 g/mol. The first-order chi connectivity index (χ1) is 10.3. The Morgan fingerprint density at radius 1 is 1.38 bits per heavy atom. The number of nitrogens with zero attached hydrogens (tertiary/aromatic N) is 2. The molecule has 2 aromatic heterocycles. The zero-order valence-electron chi connectivity index (χ0n) is 11.8. The number of aromatic nitrogens is 3. The van der Waals surface area contributed by atoms with Crippen LogP contribution in [0.2, 0.25) is 0 Å². The first kappa shape index (κ1) is 13.0. The van der Waals surface area contributed by atoms with Crippen molar-refractivity contribution < 1.29 is 4.79 Å². The van der Waals surface area contributed by atoms with Crippen molar-refractivity contribution in [1.29, 1.82) is 0 Å². The molecule has 2 saturated carbocycles.